The first kappa shape index (κ1) is 14.0. The number of aryl methyl sites for hydroxylation is 1. The van der Waals surface area contributed by atoms with E-state index < -0.39 is 5.97 Å². The summed E-state index contributed by atoms with van der Waals surface area (Å²) in [6.07, 6.45) is 0. The number of nitrogens with zero attached hydrogens (tertiary/aromatic N) is 3. The number of aliphatic imine (C=N–C) groups is 1. The minimum Gasteiger partial charge on any atom is -0.476 e. The van der Waals surface area contributed by atoms with Gasteiger partial charge in [-0.05, 0) is 12.5 Å². The molecule has 1 aliphatic heterocycles. The van der Waals surface area contributed by atoms with Crippen LogP contribution in [0.15, 0.2) is 35.3 Å². The van der Waals surface area contributed by atoms with E-state index in [-0.39, 0.29) is 29.5 Å². The molecule has 1 amide bonds. The molecule has 7 heteroatoms. The van der Waals surface area contributed by atoms with Crippen LogP contribution in [0.25, 0.3) is 0 Å². The SMILES string of the molecule is CCn1nc(C(=O)O)c2c1C(=O)NCC(c1ccccc1)=N2. The van der Waals surface area contributed by atoms with Crippen LogP contribution >= 0.6 is 0 Å². The van der Waals surface area contributed by atoms with Crippen LogP contribution in [0.5, 0.6) is 0 Å². The third-order valence-corrected chi connectivity index (χ3v) is 3.41. The first-order valence-corrected chi connectivity index (χ1v) is 6.87. The number of carbonyl (C=O) groups is 2. The number of aromatic nitrogens is 2. The molecule has 0 radical (unpaired) electrons. The molecule has 2 N–H and O–H groups in total. The number of benzene rings is 1. The summed E-state index contributed by atoms with van der Waals surface area (Å²) in [5.41, 5.74) is 1.53. The van der Waals surface area contributed by atoms with Crippen molar-refractivity contribution in [2.45, 2.75) is 13.5 Å². The Hall–Kier alpha value is -2.96. The highest BCUT2D eigenvalue weighted by atomic mass is 16.4. The number of hydrogen-bond acceptors (Lipinski definition) is 4. The van der Waals surface area contributed by atoms with Crippen molar-refractivity contribution in [2.75, 3.05) is 6.54 Å². The van der Waals surface area contributed by atoms with Crippen LogP contribution in [-0.4, -0.2) is 39.0 Å². The largest absolute Gasteiger partial charge is 0.476 e. The lowest BCUT2D eigenvalue weighted by Crippen LogP contribution is -2.29. The van der Waals surface area contributed by atoms with Gasteiger partial charge in [0.1, 0.15) is 5.69 Å². The van der Waals surface area contributed by atoms with Gasteiger partial charge in [0.15, 0.2) is 11.4 Å². The van der Waals surface area contributed by atoms with E-state index in [9.17, 15) is 14.7 Å². The van der Waals surface area contributed by atoms with Gasteiger partial charge < -0.3 is 10.4 Å². The topological polar surface area (TPSA) is 96.6 Å². The summed E-state index contributed by atoms with van der Waals surface area (Å²) >= 11 is 0. The molecule has 1 aromatic carbocycles. The van der Waals surface area contributed by atoms with Crippen molar-refractivity contribution in [1.82, 2.24) is 15.1 Å². The molecule has 1 aromatic heterocycles. The van der Waals surface area contributed by atoms with E-state index in [0.29, 0.717) is 12.3 Å². The van der Waals surface area contributed by atoms with Gasteiger partial charge in [0, 0.05) is 6.54 Å². The maximum Gasteiger partial charge on any atom is 0.358 e. The zero-order valence-corrected chi connectivity index (χ0v) is 11.9. The maximum atomic E-state index is 12.3. The molecule has 7 nitrogen and oxygen atoms in total. The molecule has 0 atom stereocenters. The Bertz CT molecular complexity index is 778. The summed E-state index contributed by atoms with van der Waals surface area (Å²) < 4.78 is 1.37. The Labute approximate surface area is 126 Å². The summed E-state index contributed by atoms with van der Waals surface area (Å²) in [5, 5.41) is 16.0. The van der Waals surface area contributed by atoms with Crippen molar-refractivity contribution in [3.63, 3.8) is 0 Å². The standard InChI is InChI=1S/C15H14N4O3/c1-2-19-13-11(12(18-19)15(21)22)17-10(8-16-14(13)20)9-6-4-3-5-7-9/h3-7H,2,8H2,1H3,(H,16,20)(H,21,22). The van der Waals surface area contributed by atoms with Crippen LogP contribution in [0.2, 0.25) is 0 Å². The number of carbonyl (C=O) groups excluding carboxylic acids is 1. The Kier molecular flexibility index (Phi) is 3.46. The molecule has 0 spiro atoms. The van der Waals surface area contributed by atoms with E-state index in [4.69, 9.17) is 0 Å². The van der Waals surface area contributed by atoms with Gasteiger partial charge in [-0.2, -0.15) is 5.10 Å². The summed E-state index contributed by atoms with van der Waals surface area (Å²) in [5.74, 6) is -1.57. The number of carboxylic acids is 1. The fraction of sp³-hybridized carbons (Fsp3) is 0.200. The molecule has 2 aromatic rings. The predicted molar refractivity (Wildman–Crippen MR) is 79.8 cm³/mol. The van der Waals surface area contributed by atoms with Crippen molar-refractivity contribution in [3.8, 4) is 0 Å². The first-order chi connectivity index (χ1) is 10.6. The summed E-state index contributed by atoms with van der Waals surface area (Å²) in [7, 11) is 0. The van der Waals surface area contributed by atoms with E-state index in [1.165, 1.54) is 4.68 Å². The average molecular weight is 298 g/mol. The van der Waals surface area contributed by atoms with Crippen molar-refractivity contribution in [1.29, 1.82) is 0 Å². The molecule has 0 saturated carbocycles. The number of nitrogens with one attached hydrogen (secondary N) is 1. The number of carboxylic acid groups (broad SMARTS) is 1. The van der Waals surface area contributed by atoms with Gasteiger partial charge >= 0.3 is 5.97 Å². The Balaban J connectivity index is 2.22. The molecule has 0 bridgehead atoms. The number of fused-ring (bicyclic) bond motifs is 1. The van der Waals surface area contributed by atoms with E-state index in [1.807, 2.05) is 30.3 Å². The third-order valence-electron chi connectivity index (χ3n) is 3.41. The normalized spacial score (nSPS) is 13.9. The molecule has 0 fully saturated rings. The lowest BCUT2D eigenvalue weighted by Gasteiger charge is -2.05. The molecule has 0 unspecified atom stereocenters. The van der Waals surface area contributed by atoms with Crippen LogP contribution in [0, 0.1) is 0 Å². The monoisotopic (exact) mass is 298 g/mol. The van der Waals surface area contributed by atoms with Gasteiger partial charge in [0.2, 0.25) is 0 Å². The van der Waals surface area contributed by atoms with E-state index >= 15 is 0 Å². The number of aromatic carboxylic acids is 1. The highest BCUT2D eigenvalue weighted by Gasteiger charge is 2.29. The predicted octanol–water partition coefficient (Wildman–Crippen LogP) is 1.47. The van der Waals surface area contributed by atoms with Gasteiger partial charge in [-0.25, -0.2) is 9.79 Å². The minimum atomic E-state index is -1.20. The second kappa shape index (κ2) is 5.44. The fourth-order valence-corrected chi connectivity index (χ4v) is 2.38. The lowest BCUT2D eigenvalue weighted by molar-refractivity contribution is 0.0690. The van der Waals surface area contributed by atoms with Crippen LogP contribution < -0.4 is 5.32 Å². The highest BCUT2D eigenvalue weighted by Crippen LogP contribution is 2.27. The quantitative estimate of drug-likeness (QED) is 0.896. The zero-order valence-electron chi connectivity index (χ0n) is 11.9. The molecule has 3 rings (SSSR count). The van der Waals surface area contributed by atoms with Crippen molar-refractivity contribution >= 4 is 23.3 Å². The Morgan fingerprint density at radius 3 is 2.73 bits per heavy atom. The van der Waals surface area contributed by atoms with Crippen molar-refractivity contribution < 1.29 is 14.7 Å². The minimum absolute atomic E-state index is 0.114. The molecular formula is C15H14N4O3. The van der Waals surface area contributed by atoms with Gasteiger partial charge in [-0.15, -0.1) is 0 Å². The molecule has 0 aliphatic carbocycles. The zero-order chi connectivity index (χ0) is 15.7. The van der Waals surface area contributed by atoms with Gasteiger partial charge in [0.05, 0.1) is 12.3 Å². The van der Waals surface area contributed by atoms with Gasteiger partial charge in [-0.1, -0.05) is 30.3 Å². The first-order valence-electron chi connectivity index (χ1n) is 6.87. The van der Waals surface area contributed by atoms with Crippen LogP contribution in [0.3, 0.4) is 0 Å². The Morgan fingerprint density at radius 2 is 2.09 bits per heavy atom. The third kappa shape index (κ3) is 2.26. The van der Waals surface area contributed by atoms with E-state index in [2.05, 4.69) is 15.4 Å². The van der Waals surface area contributed by atoms with Gasteiger partial charge in [-0.3, -0.25) is 9.48 Å². The number of amides is 1. The lowest BCUT2D eigenvalue weighted by atomic mass is 10.1. The number of hydrogen-bond donors (Lipinski definition) is 2. The molecular weight excluding hydrogens is 284 g/mol. The number of rotatable bonds is 3. The molecule has 1 aliphatic rings. The van der Waals surface area contributed by atoms with Crippen LogP contribution in [0.1, 0.15) is 33.5 Å². The molecule has 112 valence electrons. The smallest absolute Gasteiger partial charge is 0.358 e. The van der Waals surface area contributed by atoms with Gasteiger partial charge in [0.25, 0.3) is 5.91 Å². The average Bonchev–Trinajstić information content (AvgIpc) is 2.81. The maximum absolute atomic E-state index is 12.3. The molecule has 2 heterocycles. The second-order valence-corrected chi connectivity index (χ2v) is 4.77. The molecule has 22 heavy (non-hydrogen) atoms. The highest BCUT2D eigenvalue weighted by molar-refractivity contribution is 6.12. The van der Waals surface area contributed by atoms with Crippen LogP contribution in [0.4, 0.5) is 5.69 Å². The summed E-state index contributed by atoms with van der Waals surface area (Å²) in [6, 6.07) is 9.32. The van der Waals surface area contributed by atoms with Crippen molar-refractivity contribution in [2.24, 2.45) is 4.99 Å². The fourth-order valence-electron chi connectivity index (χ4n) is 2.38. The Morgan fingerprint density at radius 1 is 1.36 bits per heavy atom. The molecule has 0 saturated heterocycles. The van der Waals surface area contributed by atoms with Crippen LogP contribution in [-0.2, 0) is 6.54 Å². The second-order valence-electron chi connectivity index (χ2n) is 4.77. The van der Waals surface area contributed by atoms with E-state index in [1.54, 1.807) is 6.92 Å². The van der Waals surface area contributed by atoms with E-state index in [0.717, 1.165) is 5.56 Å². The van der Waals surface area contributed by atoms with Crippen molar-refractivity contribution in [3.05, 3.63) is 47.3 Å². The summed E-state index contributed by atoms with van der Waals surface area (Å²) in [4.78, 5) is 28.1. The summed E-state index contributed by atoms with van der Waals surface area (Å²) in [6.45, 7) is 2.42.